The minimum atomic E-state index is -0.199. The third kappa shape index (κ3) is 3.30. The van der Waals surface area contributed by atoms with Gasteiger partial charge in [-0.1, -0.05) is 43.2 Å². The molecular formula is C20H28N2O2. The molecule has 4 heteroatoms. The van der Waals surface area contributed by atoms with Crippen molar-refractivity contribution in [3.8, 4) is 0 Å². The molecule has 3 saturated heterocycles. The van der Waals surface area contributed by atoms with Gasteiger partial charge in [-0.2, -0.15) is 0 Å². The maximum absolute atomic E-state index is 12.6. The number of carbonyl (C=O) groups excluding carboxylic acids is 1. The fraction of sp³-hybridized carbons (Fsp3) is 0.650. The Morgan fingerprint density at radius 2 is 1.71 bits per heavy atom. The second kappa shape index (κ2) is 6.75. The molecule has 1 amide bonds. The molecule has 4 nitrogen and oxygen atoms in total. The van der Waals surface area contributed by atoms with Crippen molar-refractivity contribution < 1.29 is 9.53 Å². The maximum atomic E-state index is 12.6. The fourth-order valence-corrected chi connectivity index (χ4v) is 4.73. The van der Waals surface area contributed by atoms with Gasteiger partial charge in [0, 0.05) is 50.9 Å². The highest BCUT2D eigenvalue weighted by molar-refractivity contribution is 5.68. The lowest BCUT2D eigenvalue weighted by Crippen LogP contribution is -2.56. The highest BCUT2D eigenvalue weighted by Crippen LogP contribution is 2.36. The van der Waals surface area contributed by atoms with Gasteiger partial charge in [0.15, 0.2) is 0 Å². The van der Waals surface area contributed by atoms with E-state index in [-0.39, 0.29) is 17.7 Å². The van der Waals surface area contributed by atoms with Crippen molar-refractivity contribution >= 4 is 6.09 Å². The lowest BCUT2D eigenvalue weighted by molar-refractivity contribution is -0.0794. The number of hydrogen-bond donors (Lipinski definition) is 1. The average molecular weight is 328 g/mol. The molecule has 5 rings (SSSR count). The second-order valence-corrected chi connectivity index (χ2v) is 7.72. The van der Waals surface area contributed by atoms with E-state index in [4.69, 9.17) is 4.74 Å². The van der Waals surface area contributed by atoms with Gasteiger partial charge in [-0.15, -0.1) is 0 Å². The Morgan fingerprint density at radius 3 is 2.42 bits per heavy atom. The van der Waals surface area contributed by atoms with Crippen LogP contribution in [0.15, 0.2) is 30.3 Å². The Balaban J connectivity index is 1.40. The normalized spacial score (nSPS) is 35.4. The molecule has 0 radical (unpaired) electrons. The van der Waals surface area contributed by atoms with Crippen molar-refractivity contribution in [1.29, 1.82) is 0 Å². The maximum Gasteiger partial charge on any atom is 0.407 e. The number of nitrogens with zero attached hydrogens (tertiary/aromatic N) is 1. The lowest BCUT2D eigenvalue weighted by atomic mass is 9.80. The monoisotopic (exact) mass is 328 g/mol. The van der Waals surface area contributed by atoms with E-state index < -0.39 is 0 Å². The molecule has 1 aliphatic carbocycles. The average Bonchev–Trinajstić information content (AvgIpc) is 2.64. The number of ether oxygens (including phenoxy) is 1. The van der Waals surface area contributed by atoms with Crippen LogP contribution in [0.5, 0.6) is 0 Å². The molecule has 4 aliphatic rings. The van der Waals surface area contributed by atoms with Crippen LogP contribution in [0.2, 0.25) is 0 Å². The number of piperidine rings is 3. The number of benzene rings is 1. The van der Waals surface area contributed by atoms with Gasteiger partial charge < -0.3 is 15.0 Å². The van der Waals surface area contributed by atoms with Crippen LogP contribution < -0.4 is 5.32 Å². The summed E-state index contributed by atoms with van der Waals surface area (Å²) in [6.07, 6.45) is 7.41. The first-order chi connectivity index (χ1) is 11.7. The Hall–Kier alpha value is -1.55. The summed E-state index contributed by atoms with van der Waals surface area (Å²) in [7, 11) is 0. The molecule has 1 aromatic carbocycles. The molecule has 1 aromatic rings. The van der Waals surface area contributed by atoms with Gasteiger partial charge in [-0.05, 0) is 18.4 Å². The van der Waals surface area contributed by atoms with Crippen LogP contribution in [0.4, 0.5) is 4.79 Å². The van der Waals surface area contributed by atoms with Gasteiger partial charge in [0.25, 0.3) is 0 Å². The number of hydrogen-bond acceptors (Lipinski definition) is 3. The number of carbonyl (C=O) groups is 1. The Bertz CT molecular complexity index is 552. The summed E-state index contributed by atoms with van der Waals surface area (Å²) in [6.45, 7) is 3.22. The van der Waals surface area contributed by atoms with Crippen LogP contribution in [-0.4, -0.2) is 42.3 Å². The standard InChI is InChI=1S/C20H28N2O2/c23-19(24-20-10-13-22(14-11-20)15-12-20)21-18-9-5-4-8-17(18)16-6-2-1-3-7-16/h1-3,6-7,17-18H,4-5,8-15H2,(H,21,23)/t17-,18+/m1/s1. The van der Waals surface area contributed by atoms with Gasteiger partial charge in [0.1, 0.15) is 5.60 Å². The molecule has 1 saturated carbocycles. The van der Waals surface area contributed by atoms with Gasteiger partial charge in [0.05, 0.1) is 0 Å². The van der Waals surface area contributed by atoms with Crippen LogP contribution >= 0.6 is 0 Å². The molecule has 130 valence electrons. The van der Waals surface area contributed by atoms with Crippen molar-refractivity contribution in [2.45, 2.75) is 62.5 Å². The largest absolute Gasteiger partial charge is 0.443 e. The Kier molecular flexibility index (Phi) is 4.49. The van der Waals surface area contributed by atoms with E-state index in [9.17, 15) is 4.79 Å². The van der Waals surface area contributed by atoms with Crippen LogP contribution in [0, 0.1) is 0 Å². The van der Waals surface area contributed by atoms with Crippen molar-refractivity contribution in [2.75, 3.05) is 19.6 Å². The Morgan fingerprint density at radius 1 is 1.04 bits per heavy atom. The minimum Gasteiger partial charge on any atom is -0.443 e. The van der Waals surface area contributed by atoms with E-state index in [1.165, 1.54) is 18.4 Å². The molecule has 1 N–H and O–H groups in total. The summed E-state index contributed by atoms with van der Waals surface area (Å²) in [5.74, 6) is 0.415. The van der Waals surface area contributed by atoms with Crippen LogP contribution in [-0.2, 0) is 4.74 Å². The molecule has 0 unspecified atom stereocenters. The predicted octanol–water partition coefficient (Wildman–Crippen LogP) is 3.68. The van der Waals surface area contributed by atoms with Crippen LogP contribution in [0.3, 0.4) is 0 Å². The first-order valence-corrected chi connectivity index (χ1v) is 9.51. The summed E-state index contributed by atoms with van der Waals surface area (Å²) in [5.41, 5.74) is 1.14. The third-order valence-electron chi connectivity index (χ3n) is 6.26. The highest BCUT2D eigenvalue weighted by Gasteiger charge is 2.43. The second-order valence-electron chi connectivity index (χ2n) is 7.72. The SMILES string of the molecule is O=C(N[C@H]1CCCC[C@@H]1c1ccccc1)OC12CCN(CC1)CC2. The predicted molar refractivity (Wildman–Crippen MR) is 94.1 cm³/mol. The number of alkyl carbamates (subject to hydrolysis) is 1. The fourth-order valence-electron chi connectivity index (χ4n) is 4.73. The summed E-state index contributed by atoms with van der Waals surface area (Å²) in [4.78, 5) is 15.1. The first-order valence-electron chi connectivity index (χ1n) is 9.51. The molecule has 3 heterocycles. The van der Waals surface area contributed by atoms with Gasteiger partial charge in [0.2, 0.25) is 0 Å². The zero-order valence-electron chi connectivity index (χ0n) is 14.4. The van der Waals surface area contributed by atoms with Crippen molar-refractivity contribution in [3.05, 3.63) is 35.9 Å². The number of rotatable bonds is 3. The van der Waals surface area contributed by atoms with Crippen LogP contribution in [0.1, 0.15) is 56.4 Å². The molecule has 2 atom stereocenters. The van der Waals surface area contributed by atoms with E-state index in [0.29, 0.717) is 5.92 Å². The lowest BCUT2D eigenvalue weighted by Gasteiger charge is -2.47. The van der Waals surface area contributed by atoms with Crippen molar-refractivity contribution in [3.63, 3.8) is 0 Å². The summed E-state index contributed by atoms with van der Waals surface area (Å²) < 4.78 is 5.98. The zero-order valence-corrected chi connectivity index (χ0v) is 14.4. The van der Waals surface area contributed by atoms with Crippen molar-refractivity contribution in [2.24, 2.45) is 0 Å². The molecular weight excluding hydrogens is 300 g/mol. The highest BCUT2D eigenvalue weighted by atomic mass is 16.6. The molecule has 0 spiro atoms. The van der Waals surface area contributed by atoms with Gasteiger partial charge in [-0.3, -0.25) is 0 Å². The molecule has 2 bridgehead atoms. The zero-order chi connectivity index (χ0) is 16.4. The van der Waals surface area contributed by atoms with E-state index in [0.717, 1.165) is 51.7 Å². The summed E-state index contributed by atoms with van der Waals surface area (Å²) in [5, 5.41) is 3.22. The van der Waals surface area contributed by atoms with E-state index in [1.807, 2.05) is 0 Å². The van der Waals surface area contributed by atoms with Crippen LogP contribution in [0.25, 0.3) is 0 Å². The number of fused-ring (bicyclic) bond motifs is 3. The topological polar surface area (TPSA) is 41.6 Å². The quantitative estimate of drug-likeness (QED) is 0.920. The van der Waals surface area contributed by atoms with E-state index in [2.05, 4.69) is 40.5 Å². The minimum absolute atomic E-state index is 0.196. The summed E-state index contributed by atoms with van der Waals surface area (Å²) in [6, 6.07) is 10.8. The first kappa shape index (κ1) is 15.9. The van der Waals surface area contributed by atoms with Gasteiger partial charge >= 0.3 is 6.09 Å². The molecule has 0 aromatic heterocycles. The number of nitrogens with one attached hydrogen (secondary N) is 1. The number of amides is 1. The molecule has 4 fully saturated rings. The van der Waals surface area contributed by atoms with E-state index in [1.54, 1.807) is 0 Å². The van der Waals surface area contributed by atoms with Gasteiger partial charge in [-0.25, -0.2) is 4.79 Å². The smallest absolute Gasteiger partial charge is 0.407 e. The van der Waals surface area contributed by atoms with E-state index >= 15 is 0 Å². The van der Waals surface area contributed by atoms with Crippen molar-refractivity contribution in [1.82, 2.24) is 10.2 Å². The molecule has 24 heavy (non-hydrogen) atoms. The Labute approximate surface area is 144 Å². The molecule has 3 aliphatic heterocycles. The summed E-state index contributed by atoms with van der Waals surface area (Å²) >= 11 is 0. The third-order valence-corrected chi connectivity index (χ3v) is 6.26.